The summed E-state index contributed by atoms with van der Waals surface area (Å²) in [6.45, 7) is 4.73. The molecule has 2 aliphatic rings. The number of hydrogen-bond donors (Lipinski definition) is 2. The zero-order valence-electron chi connectivity index (χ0n) is 21.0. The molecular weight excluding hydrogens is 530 g/mol. The molecule has 1 aromatic carbocycles. The van der Waals surface area contributed by atoms with Gasteiger partial charge in [-0.3, -0.25) is 14.7 Å². The standard InChI is InChI=1S/C24H27F3N4O.C2HF3O2/c1-17-4-3-12-31(17)20-10-13-30(16-20)19-7-8-22(21(14-19)24(25,26)27)29-23(32)9-6-18-5-2-11-28-15-18;3-2(4,5)1(6)7/h2,5-9,11,14-15,17,20H,3-4,10,12-13,16H2,1H3,(H,29,32);(H,6,7). The summed E-state index contributed by atoms with van der Waals surface area (Å²) >= 11 is 0. The molecule has 3 heterocycles. The Morgan fingerprint density at radius 1 is 1.10 bits per heavy atom. The van der Waals surface area contributed by atoms with E-state index in [9.17, 15) is 31.1 Å². The van der Waals surface area contributed by atoms with Gasteiger partial charge in [0.25, 0.3) is 0 Å². The van der Waals surface area contributed by atoms with Gasteiger partial charge in [0.1, 0.15) is 0 Å². The second-order valence-corrected chi connectivity index (χ2v) is 9.26. The minimum atomic E-state index is -5.08. The normalized spacial score (nSPS) is 20.1. The number of amides is 1. The number of nitrogens with zero attached hydrogens (tertiary/aromatic N) is 3. The predicted octanol–water partition coefficient (Wildman–Crippen LogP) is 5.45. The Morgan fingerprint density at radius 2 is 1.82 bits per heavy atom. The fourth-order valence-electron chi connectivity index (χ4n) is 4.64. The molecule has 2 unspecified atom stereocenters. The third kappa shape index (κ3) is 8.44. The number of carbonyl (C=O) groups is 2. The Kier molecular flexibility index (Phi) is 9.59. The number of aliphatic carboxylic acids is 1. The highest BCUT2D eigenvalue weighted by atomic mass is 19.4. The van der Waals surface area contributed by atoms with E-state index in [0.717, 1.165) is 32.1 Å². The molecule has 2 aromatic rings. The summed E-state index contributed by atoms with van der Waals surface area (Å²) in [7, 11) is 0. The minimum absolute atomic E-state index is 0.244. The number of halogens is 6. The molecule has 2 aliphatic heterocycles. The average molecular weight is 559 g/mol. The summed E-state index contributed by atoms with van der Waals surface area (Å²) in [4.78, 5) is 29.5. The highest BCUT2D eigenvalue weighted by Gasteiger charge is 2.38. The lowest BCUT2D eigenvalue weighted by atomic mass is 10.1. The number of aromatic nitrogens is 1. The van der Waals surface area contributed by atoms with E-state index in [1.807, 2.05) is 4.90 Å². The van der Waals surface area contributed by atoms with E-state index < -0.39 is 29.8 Å². The Hall–Kier alpha value is -3.61. The van der Waals surface area contributed by atoms with Crippen LogP contribution in [0, 0.1) is 0 Å². The van der Waals surface area contributed by atoms with E-state index >= 15 is 0 Å². The first kappa shape index (κ1) is 29.9. The molecule has 0 aliphatic carbocycles. The van der Waals surface area contributed by atoms with Crippen molar-refractivity contribution in [1.82, 2.24) is 9.88 Å². The number of pyridine rings is 1. The Bertz CT molecular complexity index is 1170. The molecule has 212 valence electrons. The topological polar surface area (TPSA) is 85.8 Å². The van der Waals surface area contributed by atoms with Crippen molar-refractivity contribution in [3.8, 4) is 0 Å². The first-order valence-electron chi connectivity index (χ1n) is 12.2. The molecule has 1 aromatic heterocycles. The quantitative estimate of drug-likeness (QED) is 0.375. The summed E-state index contributed by atoms with van der Waals surface area (Å²) in [5, 5.41) is 9.50. The highest BCUT2D eigenvalue weighted by Crippen LogP contribution is 2.38. The fraction of sp³-hybridized carbons (Fsp3) is 0.423. The van der Waals surface area contributed by atoms with Gasteiger partial charge in [0.05, 0.1) is 11.3 Å². The molecule has 0 saturated carbocycles. The lowest BCUT2D eigenvalue weighted by Crippen LogP contribution is -2.39. The van der Waals surface area contributed by atoms with Gasteiger partial charge in [-0.1, -0.05) is 6.07 Å². The first-order valence-corrected chi connectivity index (χ1v) is 12.2. The van der Waals surface area contributed by atoms with Crippen molar-refractivity contribution in [2.75, 3.05) is 29.9 Å². The van der Waals surface area contributed by atoms with Crippen LogP contribution in [-0.4, -0.2) is 64.8 Å². The molecule has 2 fully saturated rings. The number of carboxylic acids is 1. The maximum atomic E-state index is 13.8. The van der Waals surface area contributed by atoms with E-state index in [-0.39, 0.29) is 5.69 Å². The number of anilines is 2. The van der Waals surface area contributed by atoms with Gasteiger partial charge in [0.2, 0.25) is 5.91 Å². The molecule has 4 rings (SSSR count). The van der Waals surface area contributed by atoms with Crippen LogP contribution < -0.4 is 10.2 Å². The molecule has 2 atom stereocenters. The van der Waals surface area contributed by atoms with Crippen LogP contribution in [0.25, 0.3) is 6.08 Å². The number of rotatable bonds is 5. The average Bonchev–Trinajstić information content (AvgIpc) is 3.52. The highest BCUT2D eigenvalue weighted by molar-refractivity contribution is 6.02. The van der Waals surface area contributed by atoms with E-state index in [2.05, 4.69) is 22.1 Å². The summed E-state index contributed by atoms with van der Waals surface area (Å²) in [5.41, 5.74) is 0.141. The molecule has 0 spiro atoms. The molecule has 13 heteroatoms. The molecule has 0 radical (unpaired) electrons. The lowest BCUT2D eigenvalue weighted by Gasteiger charge is -2.29. The van der Waals surface area contributed by atoms with E-state index in [1.165, 1.54) is 31.1 Å². The number of alkyl halides is 6. The van der Waals surface area contributed by atoms with Gasteiger partial charge in [-0.05, 0) is 68.6 Å². The second-order valence-electron chi connectivity index (χ2n) is 9.26. The molecule has 7 nitrogen and oxygen atoms in total. The van der Waals surface area contributed by atoms with Crippen LogP contribution >= 0.6 is 0 Å². The zero-order chi connectivity index (χ0) is 28.8. The largest absolute Gasteiger partial charge is 0.490 e. The molecule has 2 saturated heterocycles. The summed E-state index contributed by atoms with van der Waals surface area (Å²) < 4.78 is 73.1. The number of carboxylic acid groups (broad SMARTS) is 1. The number of nitrogens with one attached hydrogen (secondary N) is 1. The van der Waals surface area contributed by atoms with Crippen molar-refractivity contribution in [2.45, 2.75) is 50.6 Å². The van der Waals surface area contributed by atoms with Crippen molar-refractivity contribution in [1.29, 1.82) is 0 Å². The third-order valence-corrected chi connectivity index (χ3v) is 6.52. The fourth-order valence-corrected chi connectivity index (χ4v) is 4.64. The number of benzene rings is 1. The van der Waals surface area contributed by atoms with E-state index in [0.29, 0.717) is 23.3 Å². The van der Waals surface area contributed by atoms with Gasteiger partial charge < -0.3 is 15.3 Å². The molecule has 1 amide bonds. The van der Waals surface area contributed by atoms with Crippen LogP contribution in [-0.2, 0) is 15.8 Å². The van der Waals surface area contributed by atoms with Gasteiger partial charge in [-0.2, -0.15) is 26.3 Å². The smallest absolute Gasteiger partial charge is 0.475 e. The van der Waals surface area contributed by atoms with Gasteiger partial charge >= 0.3 is 18.3 Å². The second kappa shape index (κ2) is 12.5. The van der Waals surface area contributed by atoms with Crippen molar-refractivity contribution in [3.63, 3.8) is 0 Å². The van der Waals surface area contributed by atoms with E-state index in [1.54, 1.807) is 30.6 Å². The van der Waals surface area contributed by atoms with Gasteiger partial charge in [0.15, 0.2) is 0 Å². The molecule has 2 N–H and O–H groups in total. The van der Waals surface area contributed by atoms with Crippen LogP contribution in [0.15, 0.2) is 48.8 Å². The molecule has 39 heavy (non-hydrogen) atoms. The van der Waals surface area contributed by atoms with Gasteiger partial charge in [0, 0.05) is 49.3 Å². The Labute approximate surface area is 221 Å². The zero-order valence-corrected chi connectivity index (χ0v) is 21.0. The maximum Gasteiger partial charge on any atom is 0.490 e. The summed E-state index contributed by atoms with van der Waals surface area (Å²) in [5.74, 6) is -3.39. The van der Waals surface area contributed by atoms with Crippen molar-refractivity contribution >= 4 is 29.3 Å². The number of hydrogen-bond acceptors (Lipinski definition) is 5. The van der Waals surface area contributed by atoms with Crippen molar-refractivity contribution in [2.24, 2.45) is 0 Å². The SMILES string of the molecule is CC1CCCN1C1CCN(c2ccc(NC(=O)C=Cc3cccnc3)c(C(F)(F)F)c2)C1.O=C(O)C(F)(F)F. The number of likely N-dealkylation sites (tertiary alicyclic amines) is 1. The van der Waals surface area contributed by atoms with E-state index in [4.69, 9.17) is 9.90 Å². The summed E-state index contributed by atoms with van der Waals surface area (Å²) in [6.07, 6.45) is -0.481. The van der Waals surface area contributed by atoms with Gasteiger partial charge in [-0.25, -0.2) is 4.79 Å². The van der Waals surface area contributed by atoms with Crippen LogP contribution in [0.3, 0.4) is 0 Å². The molecule has 0 bridgehead atoms. The first-order chi connectivity index (χ1) is 18.3. The monoisotopic (exact) mass is 558 g/mol. The Morgan fingerprint density at radius 3 is 2.38 bits per heavy atom. The molecular formula is C26H28F6N4O3. The van der Waals surface area contributed by atoms with Crippen molar-refractivity contribution < 1.29 is 41.0 Å². The minimum Gasteiger partial charge on any atom is -0.475 e. The van der Waals surface area contributed by atoms with Gasteiger partial charge in [-0.15, -0.1) is 0 Å². The van der Waals surface area contributed by atoms with Crippen LogP contribution in [0.2, 0.25) is 0 Å². The van der Waals surface area contributed by atoms with Crippen LogP contribution in [0.5, 0.6) is 0 Å². The Balaban J connectivity index is 0.000000532. The summed E-state index contributed by atoms with van der Waals surface area (Å²) in [6, 6.07) is 8.52. The number of carbonyl (C=O) groups excluding carboxylic acids is 1. The maximum absolute atomic E-state index is 13.8. The van der Waals surface area contributed by atoms with Crippen LogP contribution in [0.4, 0.5) is 37.7 Å². The van der Waals surface area contributed by atoms with Crippen molar-refractivity contribution in [3.05, 3.63) is 59.9 Å². The third-order valence-electron chi connectivity index (χ3n) is 6.52. The lowest BCUT2D eigenvalue weighted by molar-refractivity contribution is -0.192. The predicted molar refractivity (Wildman–Crippen MR) is 133 cm³/mol. The van der Waals surface area contributed by atoms with Crippen LogP contribution in [0.1, 0.15) is 37.3 Å².